The third kappa shape index (κ3) is 4.70. The van der Waals surface area contributed by atoms with Crippen LogP contribution in [0.5, 0.6) is 0 Å². The van der Waals surface area contributed by atoms with Gasteiger partial charge in [0.05, 0.1) is 6.04 Å². The number of carbonyl (C=O) groups is 1. The molecule has 1 aromatic carbocycles. The molecule has 0 unspecified atom stereocenters. The van der Waals surface area contributed by atoms with Gasteiger partial charge in [0, 0.05) is 6.42 Å². The molecule has 0 saturated carbocycles. The van der Waals surface area contributed by atoms with Crippen LogP contribution < -0.4 is 0 Å². The Balaban J connectivity index is 2.63. The molecule has 1 aromatic rings. The first-order chi connectivity index (χ1) is 8.15. The van der Waals surface area contributed by atoms with Crippen molar-refractivity contribution in [2.75, 3.05) is 14.1 Å². The smallest absolute Gasteiger partial charge is 0.150 e. The summed E-state index contributed by atoms with van der Waals surface area (Å²) >= 11 is 0. The van der Waals surface area contributed by atoms with Gasteiger partial charge >= 0.3 is 0 Å². The molecule has 0 heterocycles. The summed E-state index contributed by atoms with van der Waals surface area (Å²) in [5.41, 5.74) is 1.23. The Kier molecular flexibility index (Phi) is 5.92. The zero-order valence-corrected chi connectivity index (χ0v) is 11.1. The van der Waals surface area contributed by atoms with E-state index in [2.05, 4.69) is 19.1 Å². The lowest BCUT2D eigenvalue weighted by Crippen LogP contribution is -2.37. The molecule has 0 aliphatic carbocycles. The van der Waals surface area contributed by atoms with Crippen molar-refractivity contribution >= 4 is 5.78 Å². The summed E-state index contributed by atoms with van der Waals surface area (Å²) in [5.74, 6) is 0.362. The molecule has 0 radical (unpaired) electrons. The topological polar surface area (TPSA) is 20.3 Å². The molecule has 0 fully saturated rings. The summed E-state index contributed by atoms with van der Waals surface area (Å²) in [5, 5.41) is 0. The molecule has 0 amide bonds. The van der Waals surface area contributed by atoms with Gasteiger partial charge in [0.1, 0.15) is 5.78 Å². The molecule has 2 heteroatoms. The van der Waals surface area contributed by atoms with Gasteiger partial charge in [0.25, 0.3) is 0 Å². The second-order valence-electron chi connectivity index (χ2n) is 4.74. The summed E-state index contributed by atoms with van der Waals surface area (Å²) in [7, 11) is 3.97. The number of carbonyl (C=O) groups excluding carboxylic acids is 1. The number of Topliss-reactive ketones (excluding diaryl/α,β-unsaturated/α-hetero) is 1. The first kappa shape index (κ1) is 13.9. The highest BCUT2D eigenvalue weighted by Crippen LogP contribution is 2.10. The predicted molar refractivity (Wildman–Crippen MR) is 72.2 cm³/mol. The van der Waals surface area contributed by atoms with E-state index in [1.807, 2.05) is 37.2 Å². The van der Waals surface area contributed by atoms with E-state index in [1.54, 1.807) is 0 Å². The summed E-state index contributed by atoms with van der Waals surface area (Å²) in [6.07, 6.45) is 3.59. The van der Waals surface area contributed by atoms with E-state index < -0.39 is 0 Å². The fraction of sp³-hybridized carbons (Fsp3) is 0.533. The van der Waals surface area contributed by atoms with Crippen molar-refractivity contribution in [1.82, 2.24) is 4.90 Å². The number of hydrogen-bond donors (Lipinski definition) is 0. The predicted octanol–water partition coefficient (Wildman–Crippen LogP) is 2.92. The van der Waals surface area contributed by atoms with Gasteiger partial charge < -0.3 is 0 Å². The zero-order chi connectivity index (χ0) is 12.7. The van der Waals surface area contributed by atoms with E-state index >= 15 is 0 Å². The van der Waals surface area contributed by atoms with Gasteiger partial charge in [0.15, 0.2) is 0 Å². The molecule has 17 heavy (non-hydrogen) atoms. The highest BCUT2D eigenvalue weighted by atomic mass is 16.1. The molecular weight excluding hydrogens is 210 g/mol. The zero-order valence-electron chi connectivity index (χ0n) is 11.1. The summed E-state index contributed by atoms with van der Waals surface area (Å²) in [6, 6.07) is 10.3. The molecular formula is C15H23NO. The highest BCUT2D eigenvalue weighted by Gasteiger charge is 2.20. The maximum atomic E-state index is 12.1. The summed E-state index contributed by atoms with van der Waals surface area (Å²) in [6.45, 7) is 2.12. The molecule has 1 rings (SSSR count). The number of ketones is 1. The molecule has 0 spiro atoms. The second-order valence-corrected chi connectivity index (χ2v) is 4.74. The molecule has 0 aromatic heterocycles. The van der Waals surface area contributed by atoms with Crippen LogP contribution >= 0.6 is 0 Å². The average molecular weight is 233 g/mol. The number of rotatable bonds is 7. The molecule has 0 N–H and O–H groups in total. The normalized spacial score (nSPS) is 12.7. The van der Waals surface area contributed by atoms with E-state index in [1.165, 1.54) is 5.56 Å². The van der Waals surface area contributed by atoms with Gasteiger partial charge in [-0.15, -0.1) is 0 Å². The van der Waals surface area contributed by atoms with E-state index in [0.29, 0.717) is 12.2 Å². The van der Waals surface area contributed by atoms with Crippen molar-refractivity contribution in [2.45, 2.75) is 38.6 Å². The van der Waals surface area contributed by atoms with Crippen molar-refractivity contribution in [3.8, 4) is 0 Å². The number of likely N-dealkylation sites (N-methyl/N-ethyl adjacent to an activating group) is 1. The molecule has 0 bridgehead atoms. The van der Waals surface area contributed by atoms with Gasteiger partial charge in [0.2, 0.25) is 0 Å². The maximum absolute atomic E-state index is 12.1. The number of hydrogen-bond acceptors (Lipinski definition) is 2. The number of benzene rings is 1. The second kappa shape index (κ2) is 7.23. The Hall–Kier alpha value is -1.15. The van der Waals surface area contributed by atoms with Crippen LogP contribution in [0.4, 0.5) is 0 Å². The molecule has 1 atom stereocenters. The largest absolute Gasteiger partial charge is 0.299 e. The van der Waals surface area contributed by atoms with E-state index in [9.17, 15) is 4.79 Å². The van der Waals surface area contributed by atoms with E-state index in [-0.39, 0.29) is 6.04 Å². The monoisotopic (exact) mass is 233 g/mol. The van der Waals surface area contributed by atoms with Crippen LogP contribution in [0.25, 0.3) is 0 Å². The van der Waals surface area contributed by atoms with Gasteiger partial charge in [-0.1, -0.05) is 43.7 Å². The molecule has 0 aliphatic rings. The Labute approximate surface area is 105 Å². The van der Waals surface area contributed by atoms with Crippen LogP contribution in [-0.2, 0) is 11.2 Å². The van der Waals surface area contributed by atoms with Gasteiger partial charge in [-0.2, -0.15) is 0 Å². The fourth-order valence-electron chi connectivity index (χ4n) is 1.94. The van der Waals surface area contributed by atoms with E-state index in [4.69, 9.17) is 0 Å². The van der Waals surface area contributed by atoms with Crippen LogP contribution in [0.2, 0.25) is 0 Å². The van der Waals surface area contributed by atoms with Crippen LogP contribution in [0.1, 0.15) is 31.7 Å². The quantitative estimate of drug-likeness (QED) is 0.721. The van der Waals surface area contributed by atoms with E-state index in [0.717, 1.165) is 19.3 Å². The minimum atomic E-state index is 0.0175. The Bertz CT molecular complexity index is 332. The van der Waals surface area contributed by atoms with Crippen molar-refractivity contribution in [2.24, 2.45) is 0 Å². The van der Waals surface area contributed by atoms with Crippen LogP contribution in [-0.4, -0.2) is 30.8 Å². The van der Waals surface area contributed by atoms with Crippen LogP contribution in [0.3, 0.4) is 0 Å². The SMILES string of the molecule is CCCCC(=O)[C@H](Cc1ccccc1)N(C)C. The van der Waals surface area contributed by atoms with Crippen molar-refractivity contribution < 1.29 is 4.79 Å². The van der Waals surface area contributed by atoms with Crippen LogP contribution in [0.15, 0.2) is 30.3 Å². The third-order valence-corrected chi connectivity index (χ3v) is 3.04. The van der Waals surface area contributed by atoms with Crippen molar-refractivity contribution in [1.29, 1.82) is 0 Å². The molecule has 94 valence electrons. The highest BCUT2D eigenvalue weighted by molar-refractivity contribution is 5.84. The Morgan fingerprint density at radius 3 is 2.41 bits per heavy atom. The standard InChI is InChI=1S/C15H23NO/c1-4-5-11-15(17)14(16(2)3)12-13-9-7-6-8-10-13/h6-10,14H,4-5,11-12H2,1-3H3/t14-/m0/s1. The van der Waals surface area contributed by atoms with Crippen LogP contribution in [0, 0.1) is 0 Å². The molecule has 0 aliphatic heterocycles. The fourth-order valence-corrected chi connectivity index (χ4v) is 1.94. The lowest BCUT2D eigenvalue weighted by molar-refractivity contribution is -0.123. The number of unbranched alkanes of at least 4 members (excludes halogenated alkanes) is 1. The summed E-state index contributed by atoms with van der Waals surface area (Å²) < 4.78 is 0. The Morgan fingerprint density at radius 1 is 1.24 bits per heavy atom. The first-order valence-corrected chi connectivity index (χ1v) is 6.38. The average Bonchev–Trinajstić information content (AvgIpc) is 2.34. The minimum Gasteiger partial charge on any atom is -0.299 e. The maximum Gasteiger partial charge on any atom is 0.150 e. The minimum absolute atomic E-state index is 0.0175. The number of nitrogens with zero attached hydrogens (tertiary/aromatic N) is 1. The lowest BCUT2D eigenvalue weighted by Gasteiger charge is -2.23. The van der Waals surface area contributed by atoms with Crippen molar-refractivity contribution in [3.63, 3.8) is 0 Å². The molecule has 2 nitrogen and oxygen atoms in total. The lowest BCUT2D eigenvalue weighted by atomic mass is 9.98. The van der Waals surface area contributed by atoms with Gasteiger partial charge in [-0.3, -0.25) is 9.69 Å². The molecule has 0 saturated heterocycles. The van der Waals surface area contributed by atoms with Gasteiger partial charge in [-0.25, -0.2) is 0 Å². The Morgan fingerprint density at radius 2 is 1.88 bits per heavy atom. The van der Waals surface area contributed by atoms with Gasteiger partial charge in [-0.05, 0) is 32.5 Å². The summed E-state index contributed by atoms with van der Waals surface area (Å²) in [4.78, 5) is 14.1. The van der Waals surface area contributed by atoms with Crippen molar-refractivity contribution in [3.05, 3.63) is 35.9 Å². The third-order valence-electron chi connectivity index (χ3n) is 3.04. The first-order valence-electron chi connectivity index (χ1n) is 6.38.